The average Bonchev–Trinajstić information content (AvgIpc) is 3.27. The first-order valence-electron chi connectivity index (χ1n) is 10.8. The van der Waals surface area contributed by atoms with Gasteiger partial charge in [-0.25, -0.2) is 9.97 Å². The second-order valence-electron chi connectivity index (χ2n) is 8.26. The van der Waals surface area contributed by atoms with Gasteiger partial charge in [-0.15, -0.1) is 0 Å². The van der Waals surface area contributed by atoms with E-state index in [4.69, 9.17) is 11.6 Å². The van der Waals surface area contributed by atoms with Crippen LogP contribution in [-0.2, 0) is 13.5 Å². The molecule has 3 heterocycles. The molecule has 5 aromatic rings. The molecule has 8 heteroatoms. The molecule has 3 aromatic heterocycles. The lowest BCUT2D eigenvalue weighted by atomic mass is 9.95. The molecule has 0 spiro atoms. The Morgan fingerprint density at radius 1 is 1.09 bits per heavy atom. The molecular formula is C26H21ClIN5O. The summed E-state index contributed by atoms with van der Waals surface area (Å²) < 4.78 is 4.51. The number of aromatic nitrogens is 5. The maximum atomic E-state index is 14.1. The van der Waals surface area contributed by atoms with Gasteiger partial charge in [0.25, 0.3) is 5.56 Å². The van der Waals surface area contributed by atoms with Gasteiger partial charge in [-0.1, -0.05) is 43.3 Å². The van der Waals surface area contributed by atoms with Crippen LogP contribution in [0.4, 0.5) is 0 Å². The van der Waals surface area contributed by atoms with Gasteiger partial charge in [0.2, 0.25) is 5.28 Å². The van der Waals surface area contributed by atoms with Gasteiger partial charge >= 0.3 is 0 Å². The molecular weight excluding hydrogens is 561 g/mol. The molecule has 0 saturated heterocycles. The van der Waals surface area contributed by atoms with E-state index >= 15 is 0 Å². The molecule has 0 saturated carbocycles. The predicted octanol–water partition coefficient (Wildman–Crippen LogP) is 5.79. The summed E-state index contributed by atoms with van der Waals surface area (Å²) >= 11 is 8.29. The summed E-state index contributed by atoms with van der Waals surface area (Å²) in [6, 6.07) is 17.8. The van der Waals surface area contributed by atoms with E-state index in [1.807, 2.05) is 66.3 Å². The van der Waals surface area contributed by atoms with Gasteiger partial charge < -0.3 is 0 Å². The topological polar surface area (TPSA) is 65.6 Å². The number of rotatable bonds is 5. The van der Waals surface area contributed by atoms with Crippen molar-refractivity contribution in [1.82, 2.24) is 24.3 Å². The van der Waals surface area contributed by atoms with Crippen molar-refractivity contribution >= 4 is 45.0 Å². The summed E-state index contributed by atoms with van der Waals surface area (Å²) in [5.74, 6) is -0.00108. The SMILES string of the molecule is C[C@H](Cc1nc(Cl)ncc1I)c1cc2cccc(-c3cnn(C)c3)c2c(=O)n1-c1ccccc1. The van der Waals surface area contributed by atoms with Crippen LogP contribution in [0.15, 0.2) is 78.0 Å². The number of hydrogen-bond acceptors (Lipinski definition) is 4. The second kappa shape index (κ2) is 9.31. The fraction of sp³-hybridized carbons (Fsp3) is 0.154. The number of fused-ring (bicyclic) bond motifs is 1. The summed E-state index contributed by atoms with van der Waals surface area (Å²) in [7, 11) is 1.87. The van der Waals surface area contributed by atoms with Crippen molar-refractivity contribution in [2.75, 3.05) is 0 Å². The normalized spacial score (nSPS) is 12.2. The average molecular weight is 582 g/mol. The molecule has 5 rings (SSSR count). The Hall–Kier alpha value is -3.04. The molecule has 0 bridgehead atoms. The van der Waals surface area contributed by atoms with Crippen molar-refractivity contribution in [1.29, 1.82) is 0 Å². The van der Waals surface area contributed by atoms with E-state index in [-0.39, 0.29) is 16.8 Å². The van der Waals surface area contributed by atoms with Crippen molar-refractivity contribution in [2.45, 2.75) is 19.3 Å². The maximum absolute atomic E-state index is 14.1. The number of aryl methyl sites for hydroxylation is 1. The molecule has 0 aliphatic carbocycles. The molecule has 6 nitrogen and oxygen atoms in total. The van der Waals surface area contributed by atoms with Crippen molar-refractivity contribution < 1.29 is 0 Å². The minimum atomic E-state index is -0.0552. The molecule has 0 N–H and O–H groups in total. The molecule has 0 aliphatic heterocycles. The second-order valence-corrected chi connectivity index (χ2v) is 9.76. The Bertz CT molecular complexity index is 1560. The molecule has 0 amide bonds. The van der Waals surface area contributed by atoms with Crippen molar-refractivity contribution in [3.8, 4) is 16.8 Å². The van der Waals surface area contributed by atoms with Crippen LogP contribution in [0.3, 0.4) is 0 Å². The van der Waals surface area contributed by atoms with E-state index in [1.54, 1.807) is 17.1 Å². The molecule has 34 heavy (non-hydrogen) atoms. The van der Waals surface area contributed by atoms with Gasteiger partial charge in [-0.3, -0.25) is 14.0 Å². The zero-order valence-electron chi connectivity index (χ0n) is 18.6. The first-order chi connectivity index (χ1) is 16.4. The van der Waals surface area contributed by atoms with Crippen LogP contribution < -0.4 is 5.56 Å². The fourth-order valence-corrected chi connectivity index (χ4v) is 4.94. The third-order valence-electron chi connectivity index (χ3n) is 5.90. The van der Waals surface area contributed by atoms with Crippen LogP contribution in [0.2, 0.25) is 5.28 Å². The Balaban J connectivity index is 1.75. The van der Waals surface area contributed by atoms with Crippen LogP contribution in [0.25, 0.3) is 27.6 Å². The highest BCUT2D eigenvalue weighted by molar-refractivity contribution is 14.1. The summed E-state index contributed by atoms with van der Waals surface area (Å²) in [5, 5.41) is 6.10. The van der Waals surface area contributed by atoms with Gasteiger partial charge in [0.1, 0.15) is 0 Å². The number of halogens is 2. The molecule has 1 atom stereocenters. The highest BCUT2D eigenvalue weighted by atomic mass is 127. The van der Waals surface area contributed by atoms with Crippen LogP contribution >= 0.6 is 34.2 Å². The fourth-order valence-electron chi connectivity index (χ4n) is 4.30. The largest absolute Gasteiger partial charge is 0.280 e. The van der Waals surface area contributed by atoms with E-state index in [0.29, 0.717) is 11.8 Å². The monoisotopic (exact) mass is 581 g/mol. The number of hydrogen-bond donors (Lipinski definition) is 0. The quantitative estimate of drug-likeness (QED) is 0.195. The lowest BCUT2D eigenvalue weighted by Gasteiger charge is -2.21. The predicted molar refractivity (Wildman–Crippen MR) is 144 cm³/mol. The van der Waals surface area contributed by atoms with Gasteiger partial charge in [0.15, 0.2) is 0 Å². The maximum Gasteiger partial charge on any atom is 0.263 e. The Morgan fingerprint density at radius 2 is 1.88 bits per heavy atom. The zero-order valence-corrected chi connectivity index (χ0v) is 21.5. The molecule has 170 valence electrons. The van der Waals surface area contributed by atoms with Crippen LogP contribution in [0, 0.1) is 3.57 Å². The summed E-state index contributed by atoms with van der Waals surface area (Å²) in [5.41, 5.74) is 4.34. The summed E-state index contributed by atoms with van der Waals surface area (Å²) in [6.07, 6.45) is 6.07. The molecule has 0 unspecified atom stereocenters. The highest BCUT2D eigenvalue weighted by Crippen LogP contribution is 2.31. The van der Waals surface area contributed by atoms with E-state index in [1.165, 1.54) is 0 Å². The summed E-state index contributed by atoms with van der Waals surface area (Å²) in [4.78, 5) is 22.6. The zero-order chi connectivity index (χ0) is 23.8. The van der Waals surface area contributed by atoms with Gasteiger partial charge in [-0.2, -0.15) is 5.10 Å². The van der Waals surface area contributed by atoms with Crippen molar-refractivity contribution in [3.05, 3.63) is 104 Å². The van der Waals surface area contributed by atoms with Crippen LogP contribution in [0.1, 0.15) is 24.2 Å². The van der Waals surface area contributed by atoms with E-state index < -0.39 is 0 Å². The highest BCUT2D eigenvalue weighted by Gasteiger charge is 2.20. The molecule has 0 radical (unpaired) electrons. The Kier molecular flexibility index (Phi) is 6.22. The number of benzene rings is 2. The minimum Gasteiger partial charge on any atom is -0.280 e. The van der Waals surface area contributed by atoms with E-state index in [0.717, 1.165) is 37.2 Å². The number of pyridine rings is 1. The van der Waals surface area contributed by atoms with Gasteiger partial charge in [0.05, 0.1) is 20.8 Å². The third kappa shape index (κ3) is 4.25. The number of nitrogens with zero attached hydrogens (tertiary/aromatic N) is 5. The van der Waals surface area contributed by atoms with Gasteiger partial charge in [0, 0.05) is 42.3 Å². The summed E-state index contributed by atoms with van der Waals surface area (Å²) in [6.45, 7) is 2.11. The van der Waals surface area contributed by atoms with Crippen molar-refractivity contribution in [3.63, 3.8) is 0 Å². The first-order valence-corrected chi connectivity index (χ1v) is 12.3. The van der Waals surface area contributed by atoms with E-state index in [2.05, 4.69) is 50.6 Å². The Morgan fingerprint density at radius 3 is 2.62 bits per heavy atom. The molecule has 2 aromatic carbocycles. The van der Waals surface area contributed by atoms with Crippen molar-refractivity contribution in [2.24, 2.45) is 7.05 Å². The molecule has 0 fully saturated rings. The van der Waals surface area contributed by atoms with Crippen LogP contribution in [0.5, 0.6) is 0 Å². The minimum absolute atomic E-state index is 0.00108. The van der Waals surface area contributed by atoms with Gasteiger partial charge in [-0.05, 0) is 69.8 Å². The van der Waals surface area contributed by atoms with Crippen LogP contribution in [-0.4, -0.2) is 24.3 Å². The number of para-hydroxylation sites is 1. The lowest BCUT2D eigenvalue weighted by molar-refractivity contribution is 0.681. The Labute approximate surface area is 215 Å². The molecule has 0 aliphatic rings. The third-order valence-corrected chi connectivity index (χ3v) is 6.98. The smallest absolute Gasteiger partial charge is 0.263 e. The van der Waals surface area contributed by atoms with E-state index in [9.17, 15) is 4.79 Å². The standard InChI is InChI=1S/C26H21ClIN5O/c1-16(11-22-21(28)14-29-26(27)31-22)23-12-17-7-6-10-20(18-13-30-32(2)15-18)24(17)25(34)33(23)19-8-4-3-5-9-19/h3-10,12-16H,11H2,1-2H3/t16-/m1/s1. The first kappa shape index (κ1) is 22.7. The lowest BCUT2D eigenvalue weighted by Crippen LogP contribution is -2.24.